The lowest BCUT2D eigenvalue weighted by Crippen LogP contribution is -2.42. The van der Waals surface area contributed by atoms with Crippen LogP contribution in [0.4, 0.5) is 5.69 Å². The molecule has 1 aliphatic rings. The first kappa shape index (κ1) is 16.0. The van der Waals surface area contributed by atoms with E-state index in [-0.39, 0.29) is 0 Å². The smallest absolute Gasteiger partial charge is 0.229 e. The molecule has 0 amide bonds. The predicted molar refractivity (Wildman–Crippen MR) is 89.1 cm³/mol. The maximum Gasteiger partial charge on any atom is 0.229 e. The number of aliphatic imine (C=N–C) groups is 1. The molecule has 1 aromatic carbocycles. The summed E-state index contributed by atoms with van der Waals surface area (Å²) >= 11 is 1.92. The van der Waals surface area contributed by atoms with Gasteiger partial charge >= 0.3 is 0 Å². The third kappa shape index (κ3) is 5.47. The summed E-state index contributed by atoms with van der Waals surface area (Å²) in [6.07, 6.45) is 1.13. The first-order chi connectivity index (χ1) is 9.94. The van der Waals surface area contributed by atoms with Crippen molar-refractivity contribution >= 4 is 33.4 Å². The highest BCUT2D eigenvalue weighted by Crippen LogP contribution is 2.13. The Balaban J connectivity index is 2.00. The monoisotopic (exact) mass is 328 g/mol. The summed E-state index contributed by atoms with van der Waals surface area (Å²) in [6.45, 7) is 2.29. The lowest BCUT2D eigenvalue weighted by molar-refractivity contribution is 0.455. The van der Waals surface area contributed by atoms with Gasteiger partial charge in [-0.15, -0.1) is 0 Å². The molecular formula is C13H20N4O2S2. The van der Waals surface area contributed by atoms with Crippen molar-refractivity contribution in [1.29, 1.82) is 0 Å². The number of thioether (sulfide) groups is 1. The second-order valence-corrected chi connectivity index (χ2v) is 7.82. The van der Waals surface area contributed by atoms with Crippen LogP contribution in [0.1, 0.15) is 5.56 Å². The molecular weight excluding hydrogens is 308 g/mol. The molecule has 0 unspecified atom stereocenters. The molecule has 2 rings (SSSR count). The fourth-order valence-electron chi connectivity index (χ4n) is 2.01. The van der Waals surface area contributed by atoms with Crippen LogP contribution in [0.25, 0.3) is 0 Å². The number of nitrogens with two attached hydrogens (primary N) is 1. The topological polar surface area (TPSA) is 87.8 Å². The van der Waals surface area contributed by atoms with Gasteiger partial charge < -0.3 is 10.6 Å². The van der Waals surface area contributed by atoms with Gasteiger partial charge in [0.05, 0.1) is 12.8 Å². The standard InChI is InChI=1S/C13H20N4O2S2/c1-21(18,19)16-12-4-2-3-11(9-12)10-15-13(14)17-5-7-20-8-6-17/h2-4,9,16H,5-8,10H2,1H3,(H2,14,15). The molecule has 116 valence electrons. The van der Waals surface area contributed by atoms with E-state index < -0.39 is 10.0 Å². The summed E-state index contributed by atoms with van der Waals surface area (Å²) in [4.78, 5) is 6.47. The molecule has 0 spiro atoms. The summed E-state index contributed by atoms with van der Waals surface area (Å²) < 4.78 is 24.9. The Labute approximate surface area is 129 Å². The van der Waals surface area contributed by atoms with Crippen molar-refractivity contribution in [3.8, 4) is 0 Å². The van der Waals surface area contributed by atoms with Crippen LogP contribution in [0.5, 0.6) is 0 Å². The fraction of sp³-hybridized carbons (Fsp3) is 0.462. The minimum absolute atomic E-state index is 0.439. The van der Waals surface area contributed by atoms with Crippen LogP contribution in [0, 0.1) is 0 Å². The van der Waals surface area contributed by atoms with E-state index in [9.17, 15) is 8.42 Å². The highest BCUT2D eigenvalue weighted by Gasteiger charge is 2.11. The molecule has 1 fully saturated rings. The van der Waals surface area contributed by atoms with Gasteiger partial charge in [-0.3, -0.25) is 4.72 Å². The summed E-state index contributed by atoms with van der Waals surface area (Å²) in [7, 11) is -3.26. The lowest BCUT2D eigenvalue weighted by atomic mass is 10.2. The van der Waals surface area contributed by atoms with Crippen LogP contribution in [0.2, 0.25) is 0 Å². The van der Waals surface area contributed by atoms with Gasteiger partial charge in [-0.2, -0.15) is 11.8 Å². The van der Waals surface area contributed by atoms with Crippen LogP contribution in [0.15, 0.2) is 29.3 Å². The number of sulfonamides is 1. The molecule has 1 aliphatic heterocycles. The average Bonchev–Trinajstić information content (AvgIpc) is 2.44. The van der Waals surface area contributed by atoms with Gasteiger partial charge in [0.15, 0.2) is 5.96 Å². The third-order valence-electron chi connectivity index (χ3n) is 2.99. The van der Waals surface area contributed by atoms with Crippen LogP contribution in [-0.4, -0.2) is 50.1 Å². The van der Waals surface area contributed by atoms with Crippen LogP contribution < -0.4 is 10.5 Å². The minimum atomic E-state index is -3.26. The van der Waals surface area contributed by atoms with E-state index in [4.69, 9.17) is 5.73 Å². The quantitative estimate of drug-likeness (QED) is 0.634. The zero-order chi connectivity index (χ0) is 15.3. The Morgan fingerprint density at radius 1 is 1.43 bits per heavy atom. The maximum atomic E-state index is 11.2. The summed E-state index contributed by atoms with van der Waals surface area (Å²) in [5.74, 6) is 2.70. The molecule has 8 heteroatoms. The van der Waals surface area contributed by atoms with Gasteiger partial charge in [0.2, 0.25) is 10.0 Å². The number of hydrogen-bond acceptors (Lipinski definition) is 4. The van der Waals surface area contributed by atoms with E-state index in [1.807, 2.05) is 17.8 Å². The number of anilines is 1. The Kier molecular flexibility index (Phi) is 5.35. The van der Waals surface area contributed by atoms with Crippen LogP contribution in [-0.2, 0) is 16.6 Å². The van der Waals surface area contributed by atoms with Gasteiger partial charge in [0.25, 0.3) is 0 Å². The number of nitrogens with zero attached hydrogens (tertiary/aromatic N) is 2. The van der Waals surface area contributed by atoms with Crippen molar-refractivity contribution in [2.45, 2.75) is 6.54 Å². The molecule has 1 aromatic rings. The van der Waals surface area contributed by atoms with Crippen molar-refractivity contribution in [2.75, 3.05) is 35.6 Å². The van der Waals surface area contributed by atoms with Gasteiger partial charge in [-0.1, -0.05) is 12.1 Å². The van der Waals surface area contributed by atoms with Crippen molar-refractivity contribution < 1.29 is 8.42 Å². The van der Waals surface area contributed by atoms with Crippen molar-refractivity contribution in [3.63, 3.8) is 0 Å². The second-order valence-electron chi connectivity index (χ2n) is 4.85. The predicted octanol–water partition coefficient (Wildman–Crippen LogP) is 0.922. The normalized spacial score (nSPS) is 16.8. The lowest BCUT2D eigenvalue weighted by Gasteiger charge is -2.27. The molecule has 1 heterocycles. The number of benzene rings is 1. The van der Waals surface area contributed by atoms with Crippen molar-refractivity contribution in [1.82, 2.24) is 4.90 Å². The largest absolute Gasteiger partial charge is 0.370 e. The summed E-state index contributed by atoms with van der Waals surface area (Å²) in [5.41, 5.74) is 7.45. The van der Waals surface area contributed by atoms with E-state index in [0.717, 1.165) is 36.4 Å². The zero-order valence-corrected chi connectivity index (χ0v) is 13.6. The first-order valence-electron chi connectivity index (χ1n) is 6.63. The molecule has 0 saturated carbocycles. The minimum Gasteiger partial charge on any atom is -0.370 e. The Hall–Kier alpha value is -1.41. The van der Waals surface area contributed by atoms with E-state index >= 15 is 0 Å². The van der Waals surface area contributed by atoms with Gasteiger partial charge in [0.1, 0.15) is 0 Å². The maximum absolute atomic E-state index is 11.2. The molecule has 21 heavy (non-hydrogen) atoms. The third-order valence-corrected chi connectivity index (χ3v) is 4.54. The molecule has 0 aliphatic carbocycles. The Morgan fingerprint density at radius 2 is 2.14 bits per heavy atom. The highest BCUT2D eigenvalue weighted by molar-refractivity contribution is 7.99. The Morgan fingerprint density at radius 3 is 2.81 bits per heavy atom. The molecule has 0 bridgehead atoms. The van der Waals surface area contributed by atoms with E-state index in [2.05, 4.69) is 14.6 Å². The summed E-state index contributed by atoms with van der Waals surface area (Å²) in [5, 5.41) is 0. The Bertz CT molecular complexity index is 610. The SMILES string of the molecule is CS(=O)(=O)Nc1cccc(CN=C(N)N2CCSCC2)c1. The molecule has 0 aromatic heterocycles. The molecule has 0 radical (unpaired) electrons. The van der Waals surface area contributed by atoms with Crippen molar-refractivity contribution in [2.24, 2.45) is 10.7 Å². The van der Waals surface area contributed by atoms with Crippen molar-refractivity contribution in [3.05, 3.63) is 29.8 Å². The molecule has 1 saturated heterocycles. The second kappa shape index (κ2) is 7.04. The zero-order valence-electron chi connectivity index (χ0n) is 11.9. The average molecular weight is 328 g/mol. The molecule has 6 nitrogen and oxygen atoms in total. The van der Waals surface area contributed by atoms with E-state index in [1.165, 1.54) is 0 Å². The number of hydrogen-bond donors (Lipinski definition) is 2. The molecule has 0 atom stereocenters. The number of nitrogens with one attached hydrogen (secondary N) is 1. The van der Waals surface area contributed by atoms with E-state index in [0.29, 0.717) is 18.2 Å². The molecule has 3 N–H and O–H groups in total. The van der Waals surface area contributed by atoms with Crippen LogP contribution >= 0.6 is 11.8 Å². The van der Waals surface area contributed by atoms with Crippen LogP contribution in [0.3, 0.4) is 0 Å². The van der Waals surface area contributed by atoms with E-state index in [1.54, 1.807) is 18.2 Å². The number of rotatable bonds is 4. The van der Waals surface area contributed by atoms with Gasteiger partial charge in [-0.05, 0) is 17.7 Å². The first-order valence-corrected chi connectivity index (χ1v) is 9.68. The van der Waals surface area contributed by atoms with Gasteiger partial charge in [-0.25, -0.2) is 13.4 Å². The fourth-order valence-corrected chi connectivity index (χ4v) is 3.47. The highest BCUT2D eigenvalue weighted by atomic mass is 32.2. The summed E-state index contributed by atoms with van der Waals surface area (Å²) in [6, 6.07) is 7.17. The number of guanidine groups is 1. The van der Waals surface area contributed by atoms with Gasteiger partial charge in [0, 0.05) is 30.3 Å².